The van der Waals surface area contributed by atoms with Crippen molar-refractivity contribution in [3.8, 4) is 0 Å². The smallest absolute Gasteiger partial charge is 0.289 e. The predicted molar refractivity (Wildman–Crippen MR) is 119 cm³/mol. The highest BCUT2D eigenvalue weighted by Gasteiger charge is 2.34. The molecule has 0 saturated carbocycles. The topological polar surface area (TPSA) is 114 Å². The number of nitro benzene ring substituents is 1. The van der Waals surface area contributed by atoms with Gasteiger partial charge in [0.05, 0.1) is 20.9 Å². The van der Waals surface area contributed by atoms with Gasteiger partial charge in [-0.3, -0.25) is 14.9 Å². The number of hydrogen-bond donors (Lipinski definition) is 0. The minimum absolute atomic E-state index is 0.0892. The third kappa shape index (κ3) is 4.56. The zero-order valence-corrected chi connectivity index (χ0v) is 18.7. The Hall–Kier alpha value is -2.54. The average molecular weight is 479 g/mol. The summed E-state index contributed by atoms with van der Waals surface area (Å²) in [6.07, 6.45) is 0. The molecule has 9 nitrogen and oxygen atoms in total. The van der Waals surface area contributed by atoms with Gasteiger partial charge >= 0.3 is 0 Å². The third-order valence-corrected chi connectivity index (χ3v) is 8.97. The lowest BCUT2D eigenvalue weighted by molar-refractivity contribution is -0.387. The number of thioether (sulfide) groups is 1. The molecule has 2 heterocycles. The second-order valence-electron chi connectivity index (χ2n) is 6.75. The van der Waals surface area contributed by atoms with Gasteiger partial charge in [-0.05, 0) is 18.2 Å². The number of fused-ring (bicyclic) bond motifs is 1. The molecular formula is C19H18N4O5S3. The van der Waals surface area contributed by atoms with Gasteiger partial charge in [-0.15, -0.1) is 11.3 Å². The molecule has 0 aliphatic carbocycles. The summed E-state index contributed by atoms with van der Waals surface area (Å²) in [5.74, 6) is 0.128. The number of para-hydroxylation sites is 2. The molecule has 4 rings (SSSR count). The molecule has 0 spiro atoms. The van der Waals surface area contributed by atoms with Crippen molar-refractivity contribution < 1.29 is 18.1 Å². The van der Waals surface area contributed by atoms with Crippen molar-refractivity contribution in [2.75, 3.05) is 31.9 Å². The molecule has 3 aromatic rings. The Balaban J connectivity index is 1.36. The first-order valence-corrected chi connectivity index (χ1v) is 12.6. The van der Waals surface area contributed by atoms with Crippen molar-refractivity contribution in [3.63, 3.8) is 0 Å². The van der Waals surface area contributed by atoms with Gasteiger partial charge in [-0.2, -0.15) is 4.31 Å². The summed E-state index contributed by atoms with van der Waals surface area (Å²) >= 11 is 2.90. The van der Waals surface area contributed by atoms with Crippen LogP contribution in [0.3, 0.4) is 0 Å². The molecule has 2 aromatic carbocycles. The van der Waals surface area contributed by atoms with E-state index in [1.165, 1.54) is 51.7 Å². The Kier molecular flexibility index (Phi) is 6.23. The maximum Gasteiger partial charge on any atom is 0.289 e. The van der Waals surface area contributed by atoms with Gasteiger partial charge in [0.2, 0.25) is 15.9 Å². The molecule has 0 bridgehead atoms. The number of benzene rings is 2. The number of nitrogens with zero attached hydrogens (tertiary/aromatic N) is 4. The van der Waals surface area contributed by atoms with Crippen LogP contribution < -0.4 is 0 Å². The van der Waals surface area contributed by atoms with Gasteiger partial charge in [0.1, 0.15) is 0 Å². The van der Waals surface area contributed by atoms with E-state index in [1.54, 1.807) is 4.90 Å². The molecule has 12 heteroatoms. The van der Waals surface area contributed by atoms with Gasteiger partial charge in [-0.25, -0.2) is 13.4 Å². The molecule has 0 atom stereocenters. The molecule has 0 radical (unpaired) electrons. The quantitative estimate of drug-likeness (QED) is 0.304. The van der Waals surface area contributed by atoms with E-state index in [4.69, 9.17) is 0 Å². The van der Waals surface area contributed by atoms with Crippen LogP contribution in [0.1, 0.15) is 0 Å². The van der Waals surface area contributed by atoms with Crippen molar-refractivity contribution >= 4 is 54.9 Å². The normalized spacial score (nSPS) is 15.3. The zero-order chi connectivity index (χ0) is 22.0. The Labute approximate surface area is 186 Å². The number of rotatable bonds is 6. The maximum absolute atomic E-state index is 12.9. The summed E-state index contributed by atoms with van der Waals surface area (Å²) in [6, 6.07) is 13.1. The Bertz CT molecular complexity index is 1200. The molecule has 1 fully saturated rings. The highest BCUT2D eigenvalue weighted by atomic mass is 32.2. The lowest BCUT2D eigenvalue weighted by Gasteiger charge is -2.33. The van der Waals surface area contributed by atoms with Crippen LogP contribution in [-0.4, -0.2) is 65.4 Å². The Morgan fingerprint density at radius 1 is 1.10 bits per heavy atom. The van der Waals surface area contributed by atoms with E-state index in [2.05, 4.69) is 4.98 Å². The minimum Gasteiger partial charge on any atom is -0.339 e. The highest BCUT2D eigenvalue weighted by Crippen LogP contribution is 2.30. The molecule has 0 unspecified atom stereocenters. The number of aromatic nitrogens is 1. The fraction of sp³-hybridized carbons (Fsp3) is 0.263. The van der Waals surface area contributed by atoms with Crippen LogP contribution in [0.25, 0.3) is 10.2 Å². The first kappa shape index (κ1) is 21.7. The van der Waals surface area contributed by atoms with Gasteiger partial charge in [0, 0.05) is 32.2 Å². The molecule has 0 N–H and O–H groups in total. The van der Waals surface area contributed by atoms with Crippen LogP contribution in [0.5, 0.6) is 0 Å². The van der Waals surface area contributed by atoms with Crippen LogP contribution in [0.15, 0.2) is 57.8 Å². The molecule has 31 heavy (non-hydrogen) atoms. The van der Waals surface area contributed by atoms with E-state index in [0.29, 0.717) is 0 Å². The maximum atomic E-state index is 12.9. The van der Waals surface area contributed by atoms with Crippen molar-refractivity contribution in [1.82, 2.24) is 14.2 Å². The molecule has 162 valence electrons. The van der Waals surface area contributed by atoms with Crippen molar-refractivity contribution in [2.45, 2.75) is 9.24 Å². The third-order valence-electron chi connectivity index (χ3n) is 4.86. The number of amides is 1. The molecule has 1 saturated heterocycles. The molecular weight excluding hydrogens is 460 g/mol. The van der Waals surface area contributed by atoms with Crippen molar-refractivity contribution in [2.24, 2.45) is 0 Å². The van der Waals surface area contributed by atoms with Crippen LogP contribution >= 0.6 is 23.1 Å². The highest BCUT2D eigenvalue weighted by molar-refractivity contribution is 8.01. The first-order chi connectivity index (χ1) is 14.9. The lowest BCUT2D eigenvalue weighted by atomic mass is 10.3. The second-order valence-corrected chi connectivity index (χ2v) is 10.9. The summed E-state index contributed by atoms with van der Waals surface area (Å²) in [6.45, 7) is 0.649. The summed E-state index contributed by atoms with van der Waals surface area (Å²) in [4.78, 5) is 28.9. The van der Waals surface area contributed by atoms with E-state index in [-0.39, 0.29) is 42.7 Å². The summed E-state index contributed by atoms with van der Waals surface area (Å²) in [5, 5.41) is 11.2. The van der Waals surface area contributed by atoms with Crippen LogP contribution in [0.2, 0.25) is 0 Å². The van der Waals surface area contributed by atoms with Crippen molar-refractivity contribution in [1.29, 1.82) is 0 Å². The van der Waals surface area contributed by atoms with E-state index in [1.807, 2.05) is 24.3 Å². The number of hydrogen-bond acceptors (Lipinski definition) is 8. The summed E-state index contributed by atoms with van der Waals surface area (Å²) < 4.78 is 28.9. The number of nitro groups is 1. The van der Waals surface area contributed by atoms with Gasteiger partial charge < -0.3 is 4.90 Å². The molecule has 1 aromatic heterocycles. The van der Waals surface area contributed by atoms with Gasteiger partial charge in [0.15, 0.2) is 9.24 Å². The van der Waals surface area contributed by atoms with Gasteiger partial charge in [-0.1, -0.05) is 36.0 Å². The van der Waals surface area contributed by atoms with Crippen LogP contribution in [0, 0.1) is 10.1 Å². The molecule has 1 aliphatic heterocycles. The lowest BCUT2D eigenvalue weighted by Crippen LogP contribution is -2.51. The molecule has 1 aliphatic rings. The van der Waals surface area contributed by atoms with Gasteiger partial charge in [0.25, 0.3) is 5.69 Å². The first-order valence-electron chi connectivity index (χ1n) is 9.36. The van der Waals surface area contributed by atoms with E-state index < -0.39 is 20.6 Å². The number of carbonyl (C=O) groups excluding carboxylic acids is 1. The SMILES string of the molecule is O=C(CSc1nc2ccccc2s1)N1CCN(S(=O)(=O)c2ccccc2[N+](=O)[O-])CC1. The largest absolute Gasteiger partial charge is 0.339 e. The van der Waals surface area contributed by atoms with E-state index >= 15 is 0 Å². The molecule has 1 amide bonds. The number of carbonyl (C=O) groups is 1. The fourth-order valence-corrected chi connectivity index (χ4v) is 6.82. The Morgan fingerprint density at radius 2 is 1.77 bits per heavy atom. The fourth-order valence-electron chi connectivity index (χ4n) is 3.27. The number of sulfonamides is 1. The standard InChI is InChI=1S/C19H18N4O5S3/c24-18(13-29-19-20-14-5-1-3-7-16(14)30-19)21-9-11-22(12-10-21)31(27,28)17-8-4-2-6-15(17)23(25)26/h1-8H,9-13H2. The number of thiazole rings is 1. The van der Waals surface area contributed by atoms with Crippen LogP contribution in [-0.2, 0) is 14.8 Å². The summed E-state index contributed by atoms with van der Waals surface area (Å²) in [7, 11) is -4.02. The minimum atomic E-state index is -4.02. The van der Waals surface area contributed by atoms with Crippen molar-refractivity contribution in [3.05, 3.63) is 58.6 Å². The van der Waals surface area contributed by atoms with E-state index in [0.717, 1.165) is 14.6 Å². The average Bonchev–Trinajstić information content (AvgIpc) is 3.20. The predicted octanol–water partition coefficient (Wildman–Crippen LogP) is 2.83. The van der Waals surface area contributed by atoms with E-state index in [9.17, 15) is 23.3 Å². The summed E-state index contributed by atoms with van der Waals surface area (Å²) in [5.41, 5.74) is 0.449. The number of piperazine rings is 1. The monoisotopic (exact) mass is 478 g/mol. The second kappa shape index (κ2) is 8.91. The van der Waals surface area contributed by atoms with Crippen LogP contribution in [0.4, 0.5) is 5.69 Å². The Morgan fingerprint density at radius 3 is 2.48 bits per heavy atom. The zero-order valence-electron chi connectivity index (χ0n) is 16.2.